The topological polar surface area (TPSA) is 92.0 Å². The van der Waals surface area contributed by atoms with E-state index in [2.05, 4.69) is 6.07 Å². The lowest BCUT2D eigenvalue weighted by Crippen LogP contribution is -2.10. The third-order valence-corrected chi connectivity index (χ3v) is 3.92. The van der Waals surface area contributed by atoms with Gasteiger partial charge in [0.1, 0.15) is 11.8 Å². The molecule has 0 unspecified atom stereocenters. The molecule has 3 aromatic rings. The Balaban J connectivity index is 2.32. The van der Waals surface area contributed by atoms with Gasteiger partial charge in [-0.25, -0.2) is 0 Å². The second-order valence-electron chi connectivity index (χ2n) is 5.22. The molecule has 5 heteroatoms. The van der Waals surface area contributed by atoms with Crippen LogP contribution in [0.5, 0.6) is 5.75 Å². The van der Waals surface area contributed by atoms with Crippen LogP contribution in [0.3, 0.4) is 0 Å². The number of carbonyl (C=O) groups excluding carboxylic acids is 1. The molecule has 2 aromatic carbocycles. The number of phenols is 1. The van der Waals surface area contributed by atoms with Gasteiger partial charge in [-0.1, -0.05) is 12.1 Å². The minimum Gasteiger partial charge on any atom is -0.508 e. The van der Waals surface area contributed by atoms with Crippen LogP contribution in [0, 0.1) is 11.3 Å². The van der Waals surface area contributed by atoms with E-state index in [9.17, 15) is 15.2 Å². The van der Waals surface area contributed by atoms with E-state index in [-0.39, 0.29) is 5.75 Å². The Morgan fingerprint density at radius 1 is 1.26 bits per heavy atom. The monoisotopic (exact) mass is 305 g/mol. The lowest BCUT2D eigenvalue weighted by molar-refractivity contribution is 0.100. The van der Waals surface area contributed by atoms with E-state index < -0.39 is 5.91 Å². The van der Waals surface area contributed by atoms with Gasteiger partial charge in [0, 0.05) is 23.6 Å². The van der Waals surface area contributed by atoms with E-state index in [0.29, 0.717) is 17.7 Å². The van der Waals surface area contributed by atoms with Crippen LogP contribution >= 0.6 is 0 Å². The molecule has 0 radical (unpaired) electrons. The van der Waals surface area contributed by atoms with Crippen LogP contribution in [0.25, 0.3) is 22.2 Å². The maximum atomic E-state index is 11.2. The number of aryl methyl sites for hydroxylation is 1. The number of fused-ring (bicyclic) bond motifs is 1. The molecule has 1 aromatic heterocycles. The van der Waals surface area contributed by atoms with Crippen LogP contribution in [0.2, 0.25) is 0 Å². The van der Waals surface area contributed by atoms with Crippen molar-refractivity contribution in [3.8, 4) is 23.1 Å². The van der Waals surface area contributed by atoms with Gasteiger partial charge in [0.25, 0.3) is 0 Å². The summed E-state index contributed by atoms with van der Waals surface area (Å²) >= 11 is 0. The molecular formula is C18H15N3O2. The van der Waals surface area contributed by atoms with Crippen molar-refractivity contribution >= 4 is 16.8 Å². The van der Waals surface area contributed by atoms with Gasteiger partial charge in [-0.05, 0) is 36.8 Å². The number of aromatic hydroxyl groups is 1. The fourth-order valence-electron chi connectivity index (χ4n) is 2.87. The first kappa shape index (κ1) is 14.7. The predicted molar refractivity (Wildman–Crippen MR) is 87.9 cm³/mol. The van der Waals surface area contributed by atoms with Crippen molar-refractivity contribution in [2.75, 3.05) is 0 Å². The molecule has 5 nitrogen and oxygen atoms in total. The molecule has 0 bridgehead atoms. The molecule has 0 saturated heterocycles. The molecule has 23 heavy (non-hydrogen) atoms. The zero-order valence-corrected chi connectivity index (χ0v) is 12.6. The van der Waals surface area contributed by atoms with Gasteiger partial charge in [-0.15, -0.1) is 0 Å². The zero-order valence-electron chi connectivity index (χ0n) is 12.6. The van der Waals surface area contributed by atoms with E-state index in [0.717, 1.165) is 22.2 Å². The highest BCUT2D eigenvalue weighted by Crippen LogP contribution is 2.35. The van der Waals surface area contributed by atoms with E-state index in [1.165, 1.54) is 0 Å². The summed E-state index contributed by atoms with van der Waals surface area (Å²) in [5.41, 5.74) is 8.64. The SMILES string of the molecule is CCn1c(-c2ccc(C(N)=O)cc2)c(C#N)c2ccc(O)cc21. The number of benzene rings is 2. The van der Waals surface area contributed by atoms with Crippen molar-refractivity contribution in [1.82, 2.24) is 4.57 Å². The first-order valence-electron chi connectivity index (χ1n) is 7.22. The number of phenolic OH excluding ortho intramolecular Hbond substituents is 1. The third kappa shape index (κ3) is 2.30. The lowest BCUT2D eigenvalue weighted by atomic mass is 10.0. The Kier molecular flexibility index (Phi) is 3.51. The van der Waals surface area contributed by atoms with Crippen LogP contribution in [0.15, 0.2) is 42.5 Å². The summed E-state index contributed by atoms with van der Waals surface area (Å²) in [6.07, 6.45) is 0. The molecule has 3 rings (SSSR count). The van der Waals surface area contributed by atoms with E-state index in [4.69, 9.17) is 5.73 Å². The zero-order chi connectivity index (χ0) is 16.6. The van der Waals surface area contributed by atoms with Crippen molar-refractivity contribution in [2.45, 2.75) is 13.5 Å². The number of aromatic nitrogens is 1. The smallest absolute Gasteiger partial charge is 0.248 e. The van der Waals surface area contributed by atoms with Crippen molar-refractivity contribution in [2.24, 2.45) is 5.73 Å². The minimum atomic E-state index is -0.488. The Hall–Kier alpha value is -3.26. The number of nitrogens with zero attached hydrogens (tertiary/aromatic N) is 2. The van der Waals surface area contributed by atoms with Gasteiger partial charge in [0.2, 0.25) is 5.91 Å². The van der Waals surface area contributed by atoms with Crippen molar-refractivity contribution in [3.63, 3.8) is 0 Å². The molecule has 0 aliphatic carbocycles. The molecule has 1 heterocycles. The first-order valence-corrected chi connectivity index (χ1v) is 7.22. The summed E-state index contributed by atoms with van der Waals surface area (Å²) in [6, 6.07) is 14.1. The number of carbonyl (C=O) groups is 1. The fraction of sp³-hybridized carbons (Fsp3) is 0.111. The molecule has 0 fully saturated rings. The molecule has 0 aliphatic rings. The lowest BCUT2D eigenvalue weighted by Gasteiger charge is -2.09. The number of nitrogens with two attached hydrogens (primary N) is 1. The van der Waals surface area contributed by atoms with E-state index >= 15 is 0 Å². The fourth-order valence-corrected chi connectivity index (χ4v) is 2.87. The highest BCUT2D eigenvalue weighted by Gasteiger charge is 2.18. The van der Waals surface area contributed by atoms with Gasteiger partial charge in [-0.2, -0.15) is 5.26 Å². The van der Waals surface area contributed by atoms with Gasteiger partial charge < -0.3 is 15.4 Å². The standard InChI is InChI=1S/C18H15N3O2/c1-2-21-16-9-13(22)7-8-14(16)15(10-19)17(21)11-3-5-12(6-4-11)18(20)23/h3-9,22H,2H2,1H3,(H2,20,23). The van der Waals surface area contributed by atoms with Gasteiger partial charge in [-0.3, -0.25) is 4.79 Å². The van der Waals surface area contributed by atoms with Crippen molar-refractivity contribution in [3.05, 3.63) is 53.6 Å². The molecule has 0 atom stereocenters. The quantitative estimate of drug-likeness (QED) is 0.779. The van der Waals surface area contributed by atoms with Crippen molar-refractivity contribution in [1.29, 1.82) is 5.26 Å². The molecule has 114 valence electrons. The predicted octanol–water partition coefficient (Wildman–Crippen LogP) is 3.00. The van der Waals surface area contributed by atoms with Crippen LogP contribution in [0.4, 0.5) is 0 Å². The van der Waals surface area contributed by atoms with Crippen molar-refractivity contribution < 1.29 is 9.90 Å². The Morgan fingerprint density at radius 3 is 2.52 bits per heavy atom. The summed E-state index contributed by atoms with van der Waals surface area (Å²) in [4.78, 5) is 11.2. The van der Waals surface area contributed by atoms with Crippen LogP contribution < -0.4 is 5.73 Å². The van der Waals surface area contributed by atoms with E-state index in [1.54, 1.807) is 42.5 Å². The van der Waals surface area contributed by atoms with Crippen LogP contribution in [-0.2, 0) is 6.54 Å². The molecule has 3 N–H and O–H groups in total. The van der Waals surface area contributed by atoms with Gasteiger partial charge in [0.05, 0.1) is 16.8 Å². The largest absolute Gasteiger partial charge is 0.508 e. The Bertz CT molecular complexity index is 947. The molecule has 0 saturated carbocycles. The average molecular weight is 305 g/mol. The summed E-state index contributed by atoms with van der Waals surface area (Å²) in [6.45, 7) is 2.63. The van der Waals surface area contributed by atoms with Gasteiger partial charge in [0.15, 0.2) is 0 Å². The summed E-state index contributed by atoms with van der Waals surface area (Å²) in [5.74, 6) is -0.331. The second-order valence-corrected chi connectivity index (χ2v) is 5.22. The molecule has 0 aliphatic heterocycles. The van der Waals surface area contributed by atoms with Crippen LogP contribution in [0.1, 0.15) is 22.8 Å². The highest BCUT2D eigenvalue weighted by molar-refractivity contribution is 5.96. The van der Waals surface area contributed by atoms with E-state index in [1.807, 2.05) is 11.5 Å². The minimum absolute atomic E-state index is 0.157. The summed E-state index contributed by atoms with van der Waals surface area (Å²) < 4.78 is 1.98. The molecular weight excluding hydrogens is 290 g/mol. The number of hydrogen-bond acceptors (Lipinski definition) is 3. The maximum absolute atomic E-state index is 11.2. The number of amides is 1. The molecule has 0 spiro atoms. The average Bonchev–Trinajstić information content (AvgIpc) is 2.87. The highest BCUT2D eigenvalue weighted by atomic mass is 16.3. The maximum Gasteiger partial charge on any atom is 0.248 e. The Morgan fingerprint density at radius 2 is 1.96 bits per heavy atom. The summed E-state index contributed by atoms with van der Waals surface area (Å²) in [7, 11) is 0. The second kappa shape index (κ2) is 5.50. The van der Waals surface area contributed by atoms with Gasteiger partial charge >= 0.3 is 0 Å². The Labute approximate surface area is 133 Å². The number of primary amides is 1. The number of nitriles is 1. The number of rotatable bonds is 3. The number of hydrogen-bond donors (Lipinski definition) is 2. The normalized spacial score (nSPS) is 10.6. The molecule has 1 amide bonds. The first-order chi connectivity index (χ1) is 11.1. The summed E-state index contributed by atoms with van der Waals surface area (Å²) in [5, 5.41) is 20.1. The van der Waals surface area contributed by atoms with Crippen LogP contribution in [-0.4, -0.2) is 15.6 Å². The third-order valence-electron chi connectivity index (χ3n) is 3.92.